The standard InChI is InChI=1S/C85H76BCl2N5/c1-82(2,3)60-42-58(43-61(46-60)83(4,5)6)59-44-74-76-75(45-59)93(78-68(55-32-22-15-23-33-55)49-63(85(10,11)12)50-69(78)81-90-79(56-34-24-16-25-35-56)89-80(91-81)57-36-26-17-27-37-57)73-52-65(88)39-41-71(73)86(76)70-40-38-64(87)51-72(70)92(74)77-66(53-28-18-13-19-29-53)47-62(84(7,8)9)48-67(77)54-30-20-14-21-31-54/h13-52H,1-12H3. The molecule has 0 amide bonds. The molecule has 1 aromatic heterocycles. The zero-order valence-electron chi connectivity index (χ0n) is 55.2. The Morgan fingerprint density at radius 3 is 0.935 bits per heavy atom. The predicted molar refractivity (Wildman–Crippen MR) is 397 cm³/mol. The minimum atomic E-state index is -0.314. The number of anilines is 6. The first kappa shape index (κ1) is 61.2. The highest BCUT2D eigenvalue weighted by Crippen LogP contribution is 2.55. The van der Waals surface area contributed by atoms with Gasteiger partial charge in [0, 0.05) is 66.2 Å². The van der Waals surface area contributed by atoms with Gasteiger partial charge in [0.1, 0.15) is 0 Å². The van der Waals surface area contributed by atoms with Gasteiger partial charge in [0.25, 0.3) is 6.71 Å². The SMILES string of the molecule is CC(C)(C)c1cc(-c2cc3c4c(c2)N(c2c(-c5ccccc5)cc(C(C)(C)C)cc2-c2nc(-c5ccccc5)nc(-c5ccccc5)n2)c2cc(Cl)ccc2B4c2ccc(Cl)cc2N3c2c(-c3ccccc3)cc(C(C)(C)C)cc2-c2ccccc2)cc(C(C)(C)C)c1. The van der Waals surface area contributed by atoms with Crippen molar-refractivity contribution >= 4 is 80.4 Å². The van der Waals surface area contributed by atoms with Crippen LogP contribution >= 0.6 is 23.2 Å². The maximum absolute atomic E-state index is 7.55. The van der Waals surface area contributed by atoms with E-state index in [1.54, 1.807) is 0 Å². The molecule has 11 aromatic carbocycles. The minimum absolute atomic E-state index is 0.174. The van der Waals surface area contributed by atoms with E-state index in [9.17, 15) is 0 Å². The largest absolute Gasteiger partial charge is 0.310 e. The summed E-state index contributed by atoms with van der Waals surface area (Å²) >= 11 is 15.0. The molecule has 5 nitrogen and oxygen atoms in total. The van der Waals surface area contributed by atoms with E-state index in [-0.39, 0.29) is 28.4 Å². The molecule has 0 saturated carbocycles. The minimum Gasteiger partial charge on any atom is -0.310 e. The van der Waals surface area contributed by atoms with Crippen LogP contribution in [0.3, 0.4) is 0 Å². The van der Waals surface area contributed by atoms with E-state index in [4.69, 9.17) is 38.2 Å². The average molecular weight is 1250 g/mol. The van der Waals surface area contributed by atoms with Gasteiger partial charge in [-0.1, -0.05) is 288 Å². The van der Waals surface area contributed by atoms with Crippen molar-refractivity contribution in [1.29, 1.82) is 0 Å². The Bertz CT molecular complexity index is 4700. The summed E-state index contributed by atoms with van der Waals surface area (Å²) < 4.78 is 0. The van der Waals surface area contributed by atoms with E-state index >= 15 is 0 Å². The van der Waals surface area contributed by atoms with Crippen molar-refractivity contribution in [2.45, 2.75) is 105 Å². The van der Waals surface area contributed by atoms with Gasteiger partial charge in [-0.2, -0.15) is 0 Å². The fourth-order valence-electron chi connectivity index (χ4n) is 13.5. The molecule has 0 saturated heterocycles. The van der Waals surface area contributed by atoms with Crippen LogP contribution < -0.4 is 26.2 Å². The number of fused-ring (bicyclic) bond motifs is 4. The highest BCUT2D eigenvalue weighted by Gasteiger charge is 2.46. The van der Waals surface area contributed by atoms with Crippen molar-refractivity contribution in [2.24, 2.45) is 0 Å². The number of hydrogen-bond donors (Lipinski definition) is 0. The van der Waals surface area contributed by atoms with Crippen LogP contribution in [0.15, 0.2) is 243 Å². The molecule has 2 aliphatic heterocycles. The van der Waals surface area contributed by atoms with Crippen LogP contribution in [0.1, 0.15) is 105 Å². The van der Waals surface area contributed by atoms with E-state index in [0.29, 0.717) is 27.5 Å². The van der Waals surface area contributed by atoms with Crippen LogP contribution in [0, 0.1) is 0 Å². The number of halogens is 2. The summed E-state index contributed by atoms with van der Waals surface area (Å²) in [5.41, 5.74) is 24.7. The first-order valence-electron chi connectivity index (χ1n) is 32.4. The van der Waals surface area contributed by atoms with Gasteiger partial charge in [-0.3, -0.25) is 0 Å². The normalized spacial score (nSPS) is 13.0. The molecule has 0 bridgehead atoms. The first-order valence-corrected chi connectivity index (χ1v) is 33.2. The van der Waals surface area contributed by atoms with Gasteiger partial charge in [-0.25, -0.2) is 15.0 Å². The zero-order chi connectivity index (χ0) is 64.9. The summed E-state index contributed by atoms with van der Waals surface area (Å²) in [4.78, 5) is 21.6. The Morgan fingerprint density at radius 1 is 0.280 bits per heavy atom. The Morgan fingerprint density at radius 2 is 0.581 bits per heavy atom. The fraction of sp³-hybridized carbons (Fsp3) is 0.188. The monoisotopic (exact) mass is 1250 g/mol. The summed E-state index contributed by atoms with van der Waals surface area (Å²) in [5.74, 6) is 1.70. The quantitative estimate of drug-likeness (QED) is 0.135. The van der Waals surface area contributed by atoms with E-state index in [0.717, 1.165) is 117 Å². The van der Waals surface area contributed by atoms with E-state index in [1.807, 2.05) is 36.4 Å². The Labute approximate surface area is 559 Å². The molecule has 0 radical (unpaired) electrons. The lowest BCUT2D eigenvalue weighted by Gasteiger charge is -2.46. The molecule has 0 fully saturated rings. The lowest BCUT2D eigenvalue weighted by atomic mass is 9.33. The Hall–Kier alpha value is -9.33. The molecule has 458 valence electrons. The highest BCUT2D eigenvalue weighted by molar-refractivity contribution is 7.00. The summed E-state index contributed by atoms with van der Waals surface area (Å²) in [6.45, 7) is 27.5. The molecule has 3 heterocycles. The second kappa shape index (κ2) is 23.4. The molecule has 93 heavy (non-hydrogen) atoms. The van der Waals surface area contributed by atoms with Crippen molar-refractivity contribution in [1.82, 2.24) is 15.0 Å². The molecule has 0 unspecified atom stereocenters. The molecule has 0 aliphatic carbocycles. The maximum Gasteiger partial charge on any atom is 0.252 e. The van der Waals surface area contributed by atoms with Gasteiger partial charge in [0.2, 0.25) is 0 Å². The maximum atomic E-state index is 7.55. The van der Waals surface area contributed by atoms with E-state index in [2.05, 4.69) is 299 Å². The fourth-order valence-corrected chi connectivity index (χ4v) is 13.8. The molecule has 0 atom stereocenters. The average Bonchev–Trinajstić information content (AvgIpc) is 0.691. The van der Waals surface area contributed by atoms with Crippen LogP contribution in [-0.4, -0.2) is 21.7 Å². The second-order valence-electron chi connectivity index (χ2n) is 29.2. The van der Waals surface area contributed by atoms with Crippen molar-refractivity contribution in [3.8, 4) is 78.7 Å². The Kier molecular flexibility index (Phi) is 15.4. The van der Waals surface area contributed by atoms with Gasteiger partial charge in [0.05, 0.1) is 11.4 Å². The summed E-state index contributed by atoms with van der Waals surface area (Å²) in [6.07, 6.45) is 0. The van der Waals surface area contributed by atoms with Gasteiger partial charge >= 0.3 is 0 Å². The summed E-state index contributed by atoms with van der Waals surface area (Å²) in [5, 5.41) is 1.26. The van der Waals surface area contributed by atoms with Gasteiger partial charge in [-0.15, -0.1) is 0 Å². The first-order chi connectivity index (χ1) is 44.5. The Balaban J connectivity index is 1.20. The number of nitrogens with zero attached hydrogens (tertiary/aromatic N) is 5. The van der Waals surface area contributed by atoms with Crippen molar-refractivity contribution < 1.29 is 0 Å². The third-order valence-corrected chi connectivity index (χ3v) is 19.1. The molecule has 2 aliphatic rings. The van der Waals surface area contributed by atoms with Crippen molar-refractivity contribution in [3.05, 3.63) is 275 Å². The molecular formula is C85H76BCl2N5. The number of benzene rings is 11. The summed E-state index contributed by atoms with van der Waals surface area (Å²) in [6, 6.07) is 88.1. The van der Waals surface area contributed by atoms with Crippen LogP contribution in [0.25, 0.3) is 78.7 Å². The number of hydrogen-bond acceptors (Lipinski definition) is 5. The molecule has 12 aromatic rings. The second-order valence-corrected chi connectivity index (χ2v) is 30.1. The van der Waals surface area contributed by atoms with Crippen molar-refractivity contribution in [2.75, 3.05) is 9.80 Å². The van der Waals surface area contributed by atoms with Crippen LogP contribution in [-0.2, 0) is 21.7 Å². The lowest BCUT2D eigenvalue weighted by Crippen LogP contribution is -2.61. The van der Waals surface area contributed by atoms with Crippen LogP contribution in [0.5, 0.6) is 0 Å². The highest BCUT2D eigenvalue weighted by atomic mass is 35.5. The summed E-state index contributed by atoms with van der Waals surface area (Å²) in [7, 11) is 0. The van der Waals surface area contributed by atoms with E-state index < -0.39 is 0 Å². The zero-order valence-corrected chi connectivity index (χ0v) is 56.7. The topological polar surface area (TPSA) is 45.2 Å². The third kappa shape index (κ3) is 11.5. The lowest BCUT2D eigenvalue weighted by molar-refractivity contribution is 0.569. The molecule has 14 rings (SSSR count). The number of aromatic nitrogens is 3. The van der Waals surface area contributed by atoms with Gasteiger partial charge in [0.15, 0.2) is 17.5 Å². The van der Waals surface area contributed by atoms with Gasteiger partial charge in [-0.05, 0) is 149 Å². The van der Waals surface area contributed by atoms with Crippen molar-refractivity contribution in [3.63, 3.8) is 0 Å². The molecular weight excluding hydrogens is 1170 g/mol. The molecule has 0 N–H and O–H groups in total. The van der Waals surface area contributed by atoms with Crippen LogP contribution in [0.4, 0.5) is 34.1 Å². The van der Waals surface area contributed by atoms with E-state index in [1.165, 1.54) is 16.7 Å². The number of rotatable bonds is 9. The molecule has 8 heteroatoms. The van der Waals surface area contributed by atoms with Gasteiger partial charge < -0.3 is 9.80 Å². The smallest absolute Gasteiger partial charge is 0.252 e. The predicted octanol–water partition coefficient (Wildman–Crippen LogP) is 22.1. The molecule has 0 spiro atoms. The third-order valence-electron chi connectivity index (χ3n) is 18.6. The van der Waals surface area contributed by atoms with Crippen LogP contribution in [0.2, 0.25) is 10.0 Å².